The van der Waals surface area contributed by atoms with Crippen LogP contribution in [0.5, 0.6) is 0 Å². The van der Waals surface area contributed by atoms with Crippen LogP contribution in [0.3, 0.4) is 0 Å². The Bertz CT molecular complexity index is 542. The number of aromatic nitrogens is 2. The summed E-state index contributed by atoms with van der Waals surface area (Å²) >= 11 is 7.62. The van der Waals surface area contributed by atoms with E-state index < -0.39 is 0 Å². The highest BCUT2D eigenvalue weighted by atomic mass is 35.5. The average molecular weight is 284 g/mol. The van der Waals surface area contributed by atoms with Gasteiger partial charge in [-0.1, -0.05) is 30.6 Å². The van der Waals surface area contributed by atoms with Crippen LogP contribution in [0.2, 0.25) is 5.02 Å². The number of benzene rings is 1. The zero-order valence-corrected chi connectivity index (χ0v) is 11.8. The largest absolute Gasteiger partial charge is 0.399 e. The van der Waals surface area contributed by atoms with Crippen LogP contribution in [0.15, 0.2) is 27.6 Å². The lowest BCUT2D eigenvalue weighted by molar-refractivity contribution is 0.362. The molecule has 0 spiro atoms. The Morgan fingerprint density at radius 2 is 2.22 bits per heavy atom. The molecular formula is C12H14ClN3OS. The zero-order valence-electron chi connectivity index (χ0n) is 10.2. The van der Waals surface area contributed by atoms with E-state index in [4.69, 9.17) is 21.9 Å². The van der Waals surface area contributed by atoms with E-state index >= 15 is 0 Å². The van der Waals surface area contributed by atoms with Crippen molar-refractivity contribution in [2.24, 2.45) is 0 Å². The van der Waals surface area contributed by atoms with Crippen molar-refractivity contribution in [2.45, 2.75) is 30.4 Å². The van der Waals surface area contributed by atoms with E-state index in [1.807, 2.05) is 19.9 Å². The molecule has 1 heterocycles. The molecule has 6 heteroatoms. The number of halogens is 1. The summed E-state index contributed by atoms with van der Waals surface area (Å²) < 4.78 is 5.14. The third-order valence-corrected chi connectivity index (χ3v) is 3.78. The summed E-state index contributed by atoms with van der Waals surface area (Å²) in [6, 6.07) is 5.41. The minimum Gasteiger partial charge on any atom is -0.399 e. The molecule has 1 aromatic carbocycles. The molecule has 0 fully saturated rings. The van der Waals surface area contributed by atoms with Crippen LogP contribution in [0, 0.1) is 0 Å². The fraction of sp³-hybridized carbons (Fsp3) is 0.333. The first-order valence-corrected chi connectivity index (χ1v) is 6.93. The predicted octanol–water partition coefficient (Wildman–Crippen LogP) is 3.72. The van der Waals surface area contributed by atoms with Crippen molar-refractivity contribution in [3.63, 3.8) is 0 Å². The van der Waals surface area contributed by atoms with Gasteiger partial charge in [-0.25, -0.2) is 0 Å². The average Bonchev–Trinajstić information content (AvgIpc) is 2.79. The summed E-state index contributed by atoms with van der Waals surface area (Å²) in [5.41, 5.74) is 6.41. The second-order valence-corrected chi connectivity index (χ2v) is 5.61. The highest BCUT2D eigenvalue weighted by Crippen LogP contribution is 2.31. The van der Waals surface area contributed by atoms with Gasteiger partial charge in [0.25, 0.3) is 0 Å². The molecular weight excluding hydrogens is 270 g/mol. The smallest absolute Gasteiger partial charge is 0.229 e. The number of hydrogen-bond donors (Lipinski definition) is 1. The topological polar surface area (TPSA) is 64.9 Å². The number of thioether (sulfide) groups is 1. The van der Waals surface area contributed by atoms with Gasteiger partial charge < -0.3 is 10.3 Å². The van der Waals surface area contributed by atoms with E-state index in [1.54, 1.807) is 23.9 Å². The molecule has 0 saturated carbocycles. The molecule has 1 aromatic heterocycles. The van der Waals surface area contributed by atoms with Gasteiger partial charge in [-0.05, 0) is 18.2 Å². The van der Waals surface area contributed by atoms with Crippen molar-refractivity contribution in [2.75, 3.05) is 5.73 Å². The first-order chi connectivity index (χ1) is 8.56. The SMILES string of the molecule is CC(C)c1nc(CSc2cc(N)ccc2Cl)no1. The van der Waals surface area contributed by atoms with Gasteiger partial charge in [0, 0.05) is 16.5 Å². The molecule has 2 N–H and O–H groups in total. The molecule has 0 aliphatic rings. The molecule has 2 aromatic rings. The van der Waals surface area contributed by atoms with Crippen LogP contribution in [0.25, 0.3) is 0 Å². The van der Waals surface area contributed by atoms with Crippen LogP contribution < -0.4 is 5.73 Å². The molecule has 0 aliphatic heterocycles. The molecule has 4 nitrogen and oxygen atoms in total. The maximum Gasteiger partial charge on any atom is 0.229 e. The number of nitrogens with two attached hydrogens (primary N) is 1. The van der Waals surface area contributed by atoms with E-state index in [2.05, 4.69) is 10.1 Å². The van der Waals surface area contributed by atoms with Crippen LogP contribution in [-0.2, 0) is 5.75 Å². The van der Waals surface area contributed by atoms with E-state index in [0.29, 0.717) is 28.2 Å². The molecule has 0 unspecified atom stereocenters. The molecule has 0 bridgehead atoms. The van der Waals surface area contributed by atoms with Crippen molar-refractivity contribution in [1.29, 1.82) is 0 Å². The molecule has 0 atom stereocenters. The Morgan fingerprint density at radius 3 is 2.89 bits per heavy atom. The summed E-state index contributed by atoms with van der Waals surface area (Å²) in [5.74, 6) is 2.18. The summed E-state index contributed by atoms with van der Waals surface area (Å²) in [5, 5.41) is 4.61. The van der Waals surface area contributed by atoms with Gasteiger partial charge in [0.05, 0.1) is 10.8 Å². The Morgan fingerprint density at radius 1 is 1.44 bits per heavy atom. The first-order valence-electron chi connectivity index (χ1n) is 5.56. The van der Waals surface area contributed by atoms with E-state index in [-0.39, 0.29) is 5.92 Å². The minimum atomic E-state index is 0.243. The van der Waals surface area contributed by atoms with E-state index in [9.17, 15) is 0 Å². The molecule has 0 aliphatic carbocycles. The Hall–Kier alpha value is -1.20. The maximum atomic E-state index is 6.08. The van der Waals surface area contributed by atoms with Gasteiger partial charge in [0.1, 0.15) is 0 Å². The van der Waals surface area contributed by atoms with Crippen LogP contribution in [-0.4, -0.2) is 10.1 Å². The van der Waals surface area contributed by atoms with Crippen molar-refractivity contribution in [3.05, 3.63) is 34.9 Å². The minimum absolute atomic E-state index is 0.243. The van der Waals surface area contributed by atoms with Gasteiger partial charge >= 0.3 is 0 Å². The molecule has 18 heavy (non-hydrogen) atoms. The summed E-state index contributed by atoms with van der Waals surface area (Å²) in [4.78, 5) is 5.23. The second kappa shape index (κ2) is 5.63. The summed E-state index contributed by atoms with van der Waals surface area (Å²) in [7, 11) is 0. The van der Waals surface area contributed by atoms with Gasteiger partial charge in [-0.2, -0.15) is 4.98 Å². The molecule has 96 valence electrons. The Balaban J connectivity index is 2.04. The number of hydrogen-bond acceptors (Lipinski definition) is 5. The third kappa shape index (κ3) is 3.17. The van der Waals surface area contributed by atoms with E-state index in [0.717, 1.165) is 4.90 Å². The Labute approximate surface area is 115 Å². The molecule has 0 radical (unpaired) electrons. The molecule has 2 rings (SSSR count). The van der Waals surface area contributed by atoms with Gasteiger partial charge in [-0.3, -0.25) is 0 Å². The van der Waals surface area contributed by atoms with Crippen molar-refractivity contribution in [1.82, 2.24) is 10.1 Å². The summed E-state index contributed by atoms with van der Waals surface area (Å²) in [6.07, 6.45) is 0. The summed E-state index contributed by atoms with van der Waals surface area (Å²) in [6.45, 7) is 4.03. The van der Waals surface area contributed by atoms with Gasteiger partial charge in [-0.15, -0.1) is 11.8 Å². The molecule has 0 amide bonds. The van der Waals surface area contributed by atoms with Gasteiger partial charge in [0.15, 0.2) is 5.82 Å². The van der Waals surface area contributed by atoms with Crippen molar-refractivity contribution < 1.29 is 4.52 Å². The van der Waals surface area contributed by atoms with E-state index in [1.165, 1.54) is 0 Å². The zero-order chi connectivity index (χ0) is 13.1. The lowest BCUT2D eigenvalue weighted by Crippen LogP contribution is -1.89. The van der Waals surface area contributed by atoms with Crippen LogP contribution in [0.4, 0.5) is 5.69 Å². The Kier molecular flexibility index (Phi) is 4.14. The quantitative estimate of drug-likeness (QED) is 0.684. The molecule has 0 saturated heterocycles. The number of rotatable bonds is 4. The fourth-order valence-electron chi connectivity index (χ4n) is 1.33. The number of anilines is 1. The predicted molar refractivity (Wildman–Crippen MR) is 73.8 cm³/mol. The standard InChI is InChI=1S/C12H14ClN3OS/c1-7(2)12-15-11(16-17-12)6-18-10-5-8(14)3-4-9(10)13/h3-5,7H,6,14H2,1-2H3. The lowest BCUT2D eigenvalue weighted by Gasteiger charge is -2.03. The first kappa shape index (κ1) is 13.2. The van der Waals surface area contributed by atoms with Gasteiger partial charge in [0.2, 0.25) is 5.89 Å². The van der Waals surface area contributed by atoms with Crippen LogP contribution >= 0.6 is 23.4 Å². The number of nitrogens with zero attached hydrogens (tertiary/aromatic N) is 2. The van der Waals surface area contributed by atoms with Crippen molar-refractivity contribution >= 4 is 29.1 Å². The number of nitrogen functional groups attached to an aromatic ring is 1. The lowest BCUT2D eigenvalue weighted by atomic mass is 10.2. The highest BCUT2D eigenvalue weighted by molar-refractivity contribution is 7.98. The van der Waals surface area contributed by atoms with Crippen LogP contribution in [0.1, 0.15) is 31.5 Å². The maximum absolute atomic E-state index is 6.08. The van der Waals surface area contributed by atoms with Crippen molar-refractivity contribution in [3.8, 4) is 0 Å². The second-order valence-electron chi connectivity index (χ2n) is 4.18. The monoisotopic (exact) mass is 283 g/mol. The highest BCUT2D eigenvalue weighted by Gasteiger charge is 2.10. The normalized spacial score (nSPS) is 11.1. The fourth-order valence-corrected chi connectivity index (χ4v) is 2.44. The third-order valence-electron chi connectivity index (χ3n) is 2.29.